The molecule has 4 bridgehead atoms. The molecule has 166 valence electrons. The van der Waals surface area contributed by atoms with Crippen molar-refractivity contribution in [2.45, 2.75) is 58.9 Å². The molecule has 6 nitrogen and oxygen atoms in total. The first-order valence-corrected chi connectivity index (χ1v) is 11.3. The Labute approximate surface area is 184 Å². The summed E-state index contributed by atoms with van der Waals surface area (Å²) in [5.74, 6) is 1.31. The fraction of sp³-hybridized carbons (Fsp3) is 0.640. The van der Waals surface area contributed by atoms with Crippen LogP contribution in [0.15, 0.2) is 11.6 Å². The van der Waals surface area contributed by atoms with E-state index in [1.165, 1.54) is 19.3 Å². The second-order valence-electron chi connectivity index (χ2n) is 9.84. The van der Waals surface area contributed by atoms with Crippen molar-refractivity contribution in [2.24, 2.45) is 23.2 Å². The van der Waals surface area contributed by atoms with Crippen molar-refractivity contribution in [1.82, 2.24) is 4.57 Å². The van der Waals surface area contributed by atoms with Crippen LogP contribution in [-0.4, -0.2) is 36.6 Å². The minimum Gasteiger partial charge on any atom is -0.454 e. The summed E-state index contributed by atoms with van der Waals surface area (Å²) in [6.45, 7) is 4.99. The first-order valence-electron chi connectivity index (χ1n) is 11.3. The van der Waals surface area contributed by atoms with E-state index in [4.69, 9.17) is 9.47 Å². The summed E-state index contributed by atoms with van der Waals surface area (Å²) in [4.78, 5) is 25.7. The number of carbonyl (C=O) groups is 2. The molecule has 6 heteroatoms. The first kappa shape index (κ1) is 21.8. The standard InChI is InChI=1S/C25H32N2O4/c1-16-6-21(17(2)27(16)4-5-30-3)10-22(14-26)24(29)31-15-23(28)25-11-18-7-19(12-25)9-20(8-18)13-25/h6,10,18-20H,4-5,7-9,11-13,15H2,1-3H3/b22-10-. The Balaban J connectivity index is 1.42. The lowest BCUT2D eigenvalue weighted by atomic mass is 9.48. The molecule has 4 fully saturated rings. The van der Waals surface area contributed by atoms with Crippen LogP contribution in [-0.2, 0) is 25.6 Å². The smallest absolute Gasteiger partial charge is 0.349 e. The highest BCUT2D eigenvalue weighted by Gasteiger charge is 2.54. The van der Waals surface area contributed by atoms with Gasteiger partial charge in [0.05, 0.1) is 6.61 Å². The third-order valence-electron chi connectivity index (χ3n) is 7.74. The molecule has 1 aromatic rings. The molecular weight excluding hydrogens is 392 g/mol. The largest absolute Gasteiger partial charge is 0.454 e. The second-order valence-corrected chi connectivity index (χ2v) is 9.84. The van der Waals surface area contributed by atoms with Crippen molar-refractivity contribution >= 4 is 17.8 Å². The van der Waals surface area contributed by atoms with Gasteiger partial charge in [-0.3, -0.25) is 4.79 Å². The molecule has 0 aromatic carbocycles. The molecule has 0 saturated heterocycles. The van der Waals surface area contributed by atoms with Crippen molar-refractivity contribution in [3.8, 4) is 6.07 Å². The summed E-state index contributed by atoms with van der Waals surface area (Å²) in [7, 11) is 1.66. The molecule has 4 saturated carbocycles. The van der Waals surface area contributed by atoms with E-state index in [1.807, 2.05) is 26.0 Å². The summed E-state index contributed by atoms with van der Waals surface area (Å²) in [5.41, 5.74) is 2.42. The lowest BCUT2D eigenvalue weighted by Crippen LogP contribution is -2.51. The van der Waals surface area contributed by atoms with E-state index in [0.717, 1.165) is 36.2 Å². The van der Waals surface area contributed by atoms with Gasteiger partial charge >= 0.3 is 5.97 Å². The number of rotatable bonds is 8. The maximum Gasteiger partial charge on any atom is 0.349 e. The van der Waals surface area contributed by atoms with Crippen molar-refractivity contribution < 1.29 is 19.1 Å². The molecule has 0 amide bonds. The minimum atomic E-state index is -0.720. The van der Waals surface area contributed by atoms with Gasteiger partial charge in [0, 0.05) is 30.5 Å². The summed E-state index contributed by atoms with van der Waals surface area (Å²) >= 11 is 0. The normalized spacial score (nSPS) is 29.1. The van der Waals surface area contributed by atoms with E-state index in [0.29, 0.717) is 30.9 Å². The Kier molecular flexibility index (Phi) is 6.07. The number of ketones is 1. The molecule has 0 radical (unpaired) electrons. The molecule has 5 rings (SSSR count). The van der Waals surface area contributed by atoms with Crippen LogP contribution in [0.4, 0.5) is 0 Å². The highest BCUT2D eigenvalue weighted by Crippen LogP contribution is 2.60. The van der Waals surface area contributed by atoms with Crippen molar-refractivity contribution in [2.75, 3.05) is 20.3 Å². The summed E-state index contributed by atoms with van der Waals surface area (Å²) in [5, 5.41) is 9.53. The van der Waals surface area contributed by atoms with E-state index < -0.39 is 5.97 Å². The van der Waals surface area contributed by atoms with Crippen LogP contribution >= 0.6 is 0 Å². The van der Waals surface area contributed by atoms with Crippen LogP contribution in [0.1, 0.15) is 55.5 Å². The number of hydrogen-bond acceptors (Lipinski definition) is 5. The number of methoxy groups -OCH3 is 1. The number of hydrogen-bond donors (Lipinski definition) is 0. The zero-order valence-corrected chi connectivity index (χ0v) is 18.8. The predicted molar refractivity (Wildman–Crippen MR) is 116 cm³/mol. The van der Waals surface area contributed by atoms with E-state index in [2.05, 4.69) is 4.57 Å². The third-order valence-corrected chi connectivity index (χ3v) is 7.74. The van der Waals surface area contributed by atoms with Gasteiger partial charge in [-0.2, -0.15) is 5.26 Å². The van der Waals surface area contributed by atoms with Crippen LogP contribution < -0.4 is 0 Å². The molecule has 0 N–H and O–H groups in total. The van der Waals surface area contributed by atoms with E-state index in [1.54, 1.807) is 13.2 Å². The van der Waals surface area contributed by atoms with Gasteiger partial charge in [-0.1, -0.05) is 0 Å². The van der Waals surface area contributed by atoms with Gasteiger partial charge in [-0.15, -0.1) is 0 Å². The molecule has 1 aromatic heterocycles. The summed E-state index contributed by atoms with van der Waals surface area (Å²) in [6, 6.07) is 3.89. The van der Waals surface area contributed by atoms with Gasteiger partial charge in [0.15, 0.2) is 12.4 Å². The first-order chi connectivity index (χ1) is 14.8. The fourth-order valence-electron chi connectivity index (χ4n) is 6.61. The second kappa shape index (κ2) is 8.63. The summed E-state index contributed by atoms with van der Waals surface area (Å²) < 4.78 is 12.6. The number of carbonyl (C=O) groups excluding carboxylic acids is 2. The highest BCUT2D eigenvalue weighted by molar-refractivity contribution is 5.99. The van der Waals surface area contributed by atoms with Crippen LogP contribution in [0.25, 0.3) is 6.08 Å². The van der Waals surface area contributed by atoms with E-state index >= 15 is 0 Å². The monoisotopic (exact) mass is 424 g/mol. The van der Waals surface area contributed by atoms with Crippen molar-refractivity contribution in [3.63, 3.8) is 0 Å². The molecule has 4 aliphatic rings. The molecule has 0 aliphatic heterocycles. The topological polar surface area (TPSA) is 81.3 Å². The minimum absolute atomic E-state index is 0.0509. The maximum absolute atomic E-state index is 13.1. The van der Waals surface area contributed by atoms with Gasteiger partial charge in [0.25, 0.3) is 0 Å². The summed E-state index contributed by atoms with van der Waals surface area (Å²) in [6.07, 6.45) is 8.18. The molecule has 0 unspecified atom stereocenters. The predicted octanol–water partition coefficient (Wildman–Crippen LogP) is 3.99. The van der Waals surface area contributed by atoms with Crippen LogP contribution in [0, 0.1) is 48.3 Å². The molecular formula is C25H32N2O4. The fourth-order valence-corrected chi connectivity index (χ4v) is 6.61. The van der Waals surface area contributed by atoms with Crippen LogP contribution in [0.2, 0.25) is 0 Å². The van der Waals surface area contributed by atoms with Crippen molar-refractivity contribution in [1.29, 1.82) is 5.26 Å². The molecule has 1 heterocycles. The number of nitrogens with zero attached hydrogens (tertiary/aromatic N) is 2. The molecule has 0 spiro atoms. The van der Waals surface area contributed by atoms with Crippen LogP contribution in [0.3, 0.4) is 0 Å². The number of ether oxygens (including phenoxy) is 2. The Morgan fingerprint density at radius 2 is 1.81 bits per heavy atom. The zero-order valence-electron chi connectivity index (χ0n) is 18.8. The van der Waals surface area contributed by atoms with E-state index in [9.17, 15) is 14.9 Å². The Bertz CT molecular complexity index is 914. The van der Waals surface area contributed by atoms with Gasteiger partial charge in [-0.25, -0.2) is 4.79 Å². The van der Waals surface area contributed by atoms with Crippen molar-refractivity contribution in [3.05, 3.63) is 28.6 Å². The van der Waals surface area contributed by atoms with E-state index in [-0.39, 0.29) is 23.4 Å². The number of esters is 1. The number of aryl methyl sites for hydroxylation is 1. The molecule has 4 aliphatic carbocycles. The number of Topliss-reactive ketones (excluding diaryl/α,β-unsaturated/α-hetero) is 1. The molecule has 31 heavy (non-hydrogen) atoms. The Morgan fingerprint density at radius 1 is 1.19 bits per heavy atom. The van der Waals surface area contributed by atoms with Gasteiger partial charge in [0.2, 0.25) is 0 Å². The van der Waals surface area contributed by atoms with Gasteiger partial charge in [0.1, 0.15) is 11.6 Å². The highest BCUT2D eigenvalue weighted by atomic mass is 16.5. The third kappa shape index (κ3) is 4.21. The van der Waals surface area contributed by atoms with Gasteiger partial charge < -0.3 is 14.0 Å². The average molecular weight is 425 g/mol. The molecule has 0 atom stereocenters. The Hall–Kier alpha value is -2.39. The maximum atomic E-state index is 13.1. The number of nitriles is 1. The Morgan fingerprint density at radius 3 is 2.35 bits per heavy atom. The average Bonchev–Trinajstić information content (AvgIpc) is 2.99. The lowest BCUT2D eigenvalue weighted by Gasteiger charge is -2.55. The van der Waals surface area contributed by atoms with Gasteiger partial charge in [-0.05, 0) is 87.8 Å². The SMILES string of the molecule is COCCn1c(C)cc(/C=C(/C#N)C(=O)OCC(=O)C23CC4CC(CC(C4)C2)C3)c1C. The zero-order chi connectivity index (χ0) is 22.2. The lowest BCUT2D eigenvalue weighted by molar-refractivity contribution is -0.155. The number of aromatic nitrogens is 1. The quantitative estimate of drug-likeness (QED) is 0.358. The van der Waals surface area contributed by atoms with Crippen LogP contribution in [0.5, 0.6) is 0 Å².